The number of rotatable bonds is 5. The first-order valence-corrected chi connectivity index (χ1v) is 5.03. The van der Waals surface area contributed by atoms with E-state index >= 15 is 0 Å². The van der Waals surface area contributed by atoms with Crippen molar-refractivity contribution in [3.05, 3.63) is 34.9 Å². The van der Waals surface area contributed by atoms with Crippen LogP contribution in [0.2, 0.25) is 5.02 Å². The Kier molecular flexibility index (Phi) is 5.13. The Bertz CT molecular complexity index is 349. The lowest BCUT2D eigenvalue weighted by Crippen LogP contribution is -2.04. The lowest BCUT2D eigenvalue weighted by atomic mass is 10.1. The van der Waals surface area contributed by atoms with E-state index in [0.29, 0.717) is 18.1 Å². The van der Waals surface area contributed by atoms with Gasteiger partial charge in [0.1, 0.15) is 0 Å². The monoisotopic (exact) mass is 225 g/mol. The van der Waals surface area contributed by atoms with Crippen LogP contribution in [-0.2, 0) is 4.74 Å². The van der Waals surface area contributed by atoms with Gasteiger partial charge in [-0.05, 0) is 24.1 Å². The zero-order valence-electron chi connectivity index (χ0n) is 8.19. The van der Waals surface area contributed by atoms with Crippen molar-refractivity contribution in [1.82, 2.24) is 0 Å². The second kappa shape index (κ2) is 6.41. The van der Waals surface area contributed by atoms with Crippen molar-refractivity contribution in [1.29, 1.82) is 5.26 Å². The predicted octanol–water partition coefficient (Wildman–Crippen LogP) is 2.30. The Balaban J connectivity index is 2.63. The SMILES string of the molecule is N#CC(OCCCO)c1cccc(Cl)c1. The first-order chi connectivity index (χ1) is 7.27. The molecule has 1 unspecified atom stereocenters. The molecular weight excluding hydrogens is 214 g/mol. The Morgan fingerprint density at radius 1 is 1.53 bits per heavy atom. The summed E-state index contributed by atoms with van der Waals surface area (Å²) in [6, 6.07) is 9.05. The van der Waals surface area contributed by atoms with Crippen LogP contribution in [0.5, 0.6) is 0 Å². The van der Waals surface area contributed by atoms with Gasteiger partial charge in [0, 0.05) is 11.6 Å². The molecule has 0 spiro atoms. The molecule has 0 aliphatic rings. The minimum absolute atomic E-state index is 0.0632. The molecule has 0 radical (unpaired) electrons. The average molecular weight is 226 g/mol. The molecule has 1 aromatic carbocycles. The van der Waals surface area contributed by atoms with Gasteiger partial charge in [-0.15, -0.1) is 0 Å². The van der Waals surface area contributed by atoms with Crippen LogP contribution in [0.4, 0.5) is 0 Å². The van der Waals surface area contributed by atoms with Gasteiger partial charge in [0.15, 0.2) is 6.10 Å². The molecule has 0 aliphatic carbocycles. The van der Waals surface area contributed by atoms with Gasteiger partial charge >= 0.3 is 0 Å². The maximum Gasteiger partial charge on any atom is 0.169 e. The smallest absolute Gasteiger partial charge is 0.169 e. The normalized spacial score (nSPS) is 12.1. The van der Waals surface area contributed by atoms with Gasteiger partial charge < -0.3 is 9.84 Å². The van der Waals surface area contributed by atoms with Crippen molar-refractivity contribution >= 4 is 11.6 Å². The highest BCUT2D eigenvalue weighted by Gasteiger charge is 2.10. The van der Waals surface area contributed by atoms with Crippen LogP contribution in [0.3, 0.4) is 0 Å². The van der Waals surface area contributed by atoms with Gasteiger partial charge in [-0.25, -0.2) is 0 Å². The lowest BCUT2D eigenvalue weighted by Gasteiger charge is -2.10. The molecule has 80 valence electrons. The summed E-state index contributed by atoms with van der Waals surface area (Å²) in [6.07, 6.45) is -0.0890. The van der Waals surface area contributed by atoms with E-state index in [1.807, 2.05) is 6.07 Å². The summed E-state index contributed by atoms with van der Waals surface area (Å²) in [5.41, 5.74) is 0.739. The fraction of sp³-hybridized carbons (Fsp3) is 0.364. The van der Waals surface area contributed by atoms with Gasteiger partial charge in [-0.1, -0.05) is 23.7 Å². The molecule has 3 nitrogen and oxygen atoms in total. The van der Waals surface area contributed by atoms with Gasteiger partial charge in [0.2, 0.25) is 0 Å². The summed E-state index contributed by atoms with van der Waals surface area (Å²) in [5.74, 6) is 0. The lowest BCUT2D eigenvalue weighted by molar-refractivity contribution is 0.0774. The van der Waals surface area contributed by atoms with Crippen LogP contribution in [0, 0.1) is 11.3 Å². The Hall–Kier alpha value is -1.08. The number of benzene rings is 1. The van der Waals surface area contributed by atoms with E-state index in [0.717, 1.165) is 5.56 Å². The fourth-order valence-corrected chi connectivity index (χ4v) is 1.34. The first kappa shape index (κ1) is 12.0. The number of aliphatic hydroxyl groups is 1. The van der Waals surface area contributed by atoms with Gasteiger partial charge in [-0.2, -0.15) is 5.26 Å². The molecule has 0 saturated carbocycles. The molecule has 1 rings (SSSR count). The minimum atomic E-state index is -0.616. The van der Waals surface area contributed by atoms with Crippen molar-refractivity contribution in [2.24, 2.45) is 0 Å². The molecule has 15 heavy (non-hydrogen) atoms. The summed E-state index contributed by atoms with van der Waals surface area (Å²) >= 11 is 5.80. The molecule has 0 bridgehead atoms. The number of hydrogen-bond acceptors (Lipinski definition) is 3. The first-order valence-electron chi connectivity index (χ1n) is 4.65. The quantitative estimate of drug-likeness (QED) is 0.783. The van der Waals surface area contributed by atoms with Crippen molar-refractivity contribution in [2.45, 2.75) is 12.5 Å². The van der Waals surface area contributed by atoms with Crippen LogP contribution in [0.15, 0.2) is 24.3 Å². The Morgan fingerprint density at radius 3 is 2.93 bits per heavy atom. The second-order valence-corrected chi connectivity index (χ2v) is 3.45. The van der Waals surface area contributed by atoms with E-state index in [4.69, 9.17) is 26.7 Å². The topological polar surface area (TPSA) is 53.2 Å². The van der Waals surface area contributed by atoms with Gasteiger partial charge in [0.05, 0.1) is 12.7 Å². The van der Waals surface area contributed by atoms with Crippen LogP contribution in [-0.4, -0.2) is 18.3 Å². The van der Waals surface area contributed by atoms with E-state index in [1.165, 1.54) is 0 Å². The average Bonchev–Trinajstić information content (AvgIpc) is 2.24. The number of aliphatic hydroxyl groups excluding tert-OH is 1. The predicted molar refractivity (Wildman–Crippen MR) is 57.5 cm³/mol. The number of hydrogen-bond donors (Lipinski definition) is 1. The molecule has 4 heteroatoms. The standard InChI is InChI=1S/C11H12ClNO2/c12-10-4-1-3-9(7-10)11(8-13)15-6-2-5-14/h1,3-4,7,11,14H,2,5-6H2. The van der Waals surface area contributed by atoms with E-state index in [1.54, 1.807) is 24.3 Å². The highest BCUT2D eigenvalue weighted by atomic mass is 35.5. The zero-order chi connectivity index (χ0) is 11.1. The van der Waals surface area contributed by atoms with Gasteiger partial charge in [0.25, 0.3) is 0 Å². The maximum absolute atomic E-state index is 8.89. The van der Waals surface area contributed by atoms with E-state index in [9.17, 15) is 0 Å². The third kappa shape index (κ3) is 3.88. The van der Waals surface area contributed by atoms with Crippen LogP contribution < -0.4 is 0 Å². The number of ether oxygens (including phenoxy) is 1. The maximum atomic E-state index is 8.89. The molecule has 0 heterocycles. The molecule has 0 saturated heterocycles. The second-order valence-electron chi connectivity index (χ2n) is 3.01. The fourth-order valence-electron chi connectivity index (χ4n) is 1.14. The van der Waals surface area contributed by atoms with E-state index in [2.05, 4.69) is 0 Å². The highest BCUT2D eigenvalue weighted by molar-refractivity contribution is 6.30. The summed E-state index contributed by atoms with van der Waals surface area (Å²) in [5, 5.41) is 18.1. The number of nitriles is 1. The summed E-state index contributed by atoms with van der Waals surface area (Å²) in [6.45, 7) is 0.426. The van der Waals surface area contributed by atoms with E-state index < -0.39 is 6.10 Å². The van der Waals surface area contributed by atoms with Gasteiger partial charge in [-0.3, -0.25) is 0 Å². The van der Waals surface area contributed by atoms with Crippen molar-refractivity contribution in [3.8, 4) is 6.07 Å². The summed E-state index contributed by atoms with van der Waals surface area (Å²) < 4.78 is 5.29. The molecule has 0 aliphatic heterocycles. The van der Waals surface area contributed by atoms with Crippen LogP contribution >= 0.6 is 11.6 Å². The minimum Gasteiger partial charge on any atom is -0.396 e. The molecule has 0 amide bonds. The Morgan fingerprint density at radius 2 is 2.33 bits per heavy atom. The van der Waals surface area contributed by atoms with E-state index in [-0.39, 0.29) is 6.61 Å². The largest absolute Gasteiger partial charge is 0.396 e. The van der Waals surface area contributed by atoms with Crippen molar-refractivity contribution in [3.63, 3.8) is 0 Å². The number of halogens is 1. The summed E-state index contributed by atoms with van der Waals surface area (Å²) in [4.78, 5) is 0. The van der Waals surface area contributed by atoms with Crippen LogP contribution in [0.1, 0.15) is 18.1 Å². The van der Waals surface area contributed by atoms with Crippen LogP contribution in [0.25, 0.3) is 0 Å². The molecule has 0 fully saturated rings. The number of nitrogens with zero attached hydrogens (tertiary/aromatic N) is 1. The third-order valence-corrected chi connectivity index (χ3v) is 2.09. The highest BCUT2D eigenvalue weighted by Crippen LogP contribution is 2.20. The third-order valence-electron chi connectivity index (χ3n) is 1.86. The molecule has 1 aromatic rings. The summed E-state index contributed by atoms with van der Waals surface area (Å²) in [7, 11) is 0. The zero-order valence-corrected chi connectivity index (χ0v) is 8.94. The molecule has 1 N–H and O–H groups in total. The van der Waals surface area contributed by atoms with Crippen molar-refractivity contribution < 1.29 is 9.84 Å². The molecule has 0 aromatic heterocycles. The molecular formula is C11H12ClNO2. The molecule has 1 atom stereocenters. The van der Waals surface area contributed by atoms with Crippen molar-refractivity contribution in [2.75, 3.05) is 13.2 Å². The Labute approximate surface area is 93.9 Å².